The van der Waals surface area contributed by atoms with Crippen LogP contribution in [0.5, 0.6) is 0 Å². The number of nitrogens with zero attached hydrogens (tertiary/aromatic N) is 2. The molecule has 0 spiro atoms. The summed E-state index contributed by atoms with van der Waals surface area (Å²) >= 11 is 1.63. The Morgan fingerprint density at radius 1 is 1.71 bits per heavy atom. The average Bonchev–Trinajstić information content (AvgIpc) is 2.78. The maximum atomic E-state index is 8.69. The highest BCUT2D eigenvalue weighted by molar-refractivity contribution is 7.09. The van der Waals surface area contributed by atoms with Gasteiger partial charge in [-0.05, 0) is 25.2 Å². The van der Waals surface area contributed by atoms with Crippen LogP contribution in [-0.2, 0) is 16.8 Å². The van der Waals surface area contributed by atoms with E-state index in [1.807, 2.05) is 5.38 Å². The normalized spacial score (nSPS) is 28.9. The van der Waals surface area contributed by atoms with E-state index in [1.54, 1.807) is 18.4 Å². The second-order valence-corrected chi connectivity index (χ2v) is 5.74. The fourth-order valence-electron chi connectivity index (χ4n) is 2.65. The van der Waals surface area contributed by atoms with Gasteiger partial charge in [-0.1, -0.05) is 13.3 Å². The summed E-state index contributed by atoms with van der Waals surface area (Å²) in [6.45, 7) is 2.27. The molecule has 0 aromatic carbocycles. The Kier molecular flexibility index (Phi) is 3.80. The molecule has 3 nitrogen and oxygen atoms in total. The lowest BCUT2D eigenvalue weighted by molar-refractivity contribution is -0.0581. The molecule has 0 N–H and O–H groups in total. The predicted molar refractivity (Wildman–Crippen MR) is 67.8 cm³/mol. The highest BCUT2D eigenvalue weighted by atomic mass is 32.1. The molecule has 1 aromatic heterocycles. The minimum absolute atomic E-state index is 0.198. The number of ether oxygens (including phenoxy) is 1. The molecule has 1 aliphatic carbocycles. The van der Waals surface area contributed by atoms with Crippen molar-refractivity contribution in [1.29, 1.82) is 5.26 Å². The van der Waals surface area contributed by atoms with Crippen LogP contribution in [0.1, 0.15) is 43.3 Å². The van der Waals surface area contributed by atoms with E-state index >= 15 is 0 Å². The van der Waals surface area contributed by atoms with Gasteiger partial charge in [0.1, 0.15) is 10.6 Å². The van der Waals surface area contributed by atoms with E-state index in [1.165, 1.54) is 12.8 Å². The Hall–Kier alpha value is -0.920. The molecule has 0 amide bonds. The second kappa shape index (κ2) is 5.16. The smallest absolute Gasteiger partial charge is 0.125 e. The first-order valence-corrected chi connectivity index (χ1v) is 6.95. The number of thiazole rings is 1. The summed E-state index contributed by atoms with van der Waals surface area (Å²) < 4.78 is 5.79. The minimum Gasteiger partial charge on any atom is -0.371 e. The van der Waals surface area contributed by atoms with E-state index in [9.17, 15) is 0 Å². The molecule has 1 aliphatic rings. The molecular weight excluding hydrogens is 232 g/mol. The molecule has 2 atom stereocenters. The molecule has 0 bridgehead atoms. The van der Waals surface area contributed by atoms with Gasteiger partial charge in [-0.2, -0.15) is 5.26 Å². The van der Waals surface area contributed by atoms with Gasteiger partial charge in [0.15, 0.2) is 0 Å². The van der Waals surface area contributed by atoms with Crippen molar-refractivity contribution >= 4 is 11.3 Å². The largest absolute Gasteiger partial charge is 0.371 e. The van der Waals surface area contributed by atoms with Gasteiger partial charge in [-0.25, -0.2) is 4.98 Å². The van der Waals surface area contributed by atoms with E-state index in [0.717, 1.165) is 23.5 Å². The Bertz CT molecular complexity index is 423. The van der Waals surface area contributed by atoms with Gasteiger partial charge in [0.05, 0.1) is 18.2 Å². The van der Waals surface area contributed by atoms with Gasteiger partial charge >= 0.3 is 0 Å². The number of methoxy groups -OCH3 is 1. The summed E-state index contributed by atoms with van der Waals surface area (Å²) in [5, 5.41) is 11.7. The molecule has 17 heavy (non-hydrogen) atoms. The van der Waals surface area contributed by atoms with Crippen molar-refractivity contribution in [3.63, 3.8) is 0 Å². The molecule has 1 saturated carbocycles. The summed E-state index contributed by atoms with van der Waals surface area (Å²) in [6.07, 6.45) is 4.96. The number of nitriles is 1. The molecule has 4 heteroatoms. The van der Waals surface area contributed by atoms with Crippen molar-refractivity contribution in [2.75, 3.05) is 7.11 Å². The molecule has 0 aliphatic heterocycles. The summed E-state index contributed by atoms with van der Waals surface area (Å²) in [6, 6.07) is 2.14. The summed E-state index contributed by atoms with van der Waals surface area (Å²) in [5.41, 5.74) is 0.679. The van der Waals surface area contributed by atoms with Gasteiger partial charge < -0.3 is 4.74 Å². The highest BCUT2D eigenvalue weighted by Crippen LogP contribution is 2.43. The van der Waals surface area contributed by atoms with Gasteiger partial charge in [-0.3, -0.25) is 0 Å². The minimum atomic E-state index is -0.198. The Morgan fingerprint density at radius 2 is 2.53 bits per heavy atom. The molecule has 2 unspecified atom stereocenters. The molecule has 0 saturated heterocycles. The lowest BCUT2D eigenvalue weighted by Crippen LogP contribution is -2.34. The van der Waals surface area contributed by atoms with E-state index in [2.05, 4.69) is 18.0 Å². The van der Waals surface area contributed by atoms with Crippen LogP contribution in [0.4, 0.5) is 0 Å². The number of rotatable bonds is 3. The topological polar surface area (TPSA) is 45.9 Å². The summed E-state index contributed by atoms with van der Waals surface area (Å²) in [4.78, 5) is 4.57. The van der Waals surface area contributed by atoms with E-state index in [-0.39, 0.29) is 5.60 Å². The van der Waals surface area contributed by atoms with Crippen LogP contribution in [0.3, 0.4) is 0 Å². The van der Waals surface area contributed by atoms with Crippen molar-refractivity contribution < 1.29 is 4.74 Å². The van der Waals surface area contributed by atoms with Crippen LogP contribution in [-0.4, -0.2) is 12.1 Å². The van der Waals surface area contributed by atoms with Crippen molar-refractivity contribution in [1.82, 2.24) is 4.98 Å². The molecule has 1 aromatic rings. The zero-order valence-corrected chi connectivity index (χ0v) is 11.2. The third-order valence-electron chi connectivity index (χ3n) is 3.55. The molecule has 0 radical (unpaired) electrons. The molecule has 92 valence electrons. The van der Waals surface area contributed by atoms with Gasteiger partial charge in [0, 0.05) is 12.5 Å². The van der Waals surface area contributed by atoms with Crippen LogP contribution in [0.15, 0.2) is 5.38 Å². The van der Waals surface area contributed by atoms with Crippen LogP contribution in [0.25, 0.3) is 0 Å². The summed E-state index contributed by atoms with van der Waals surface area (Å²) in [5.74, 6) is 0.687. The van der Waals surface area contributed by atoms with Crippen LogP contribution in [0, 0.1) is 17.2 Å². The first kappa shape index (κ1) is 12.5. The van der Waals surface area contributed by atoms with Crippen LogP contribution < -0.4 is 0 Å². The Balaban J connectivity index is 2.24. The maximum Gasteiger partial charge on any atom is 0.125 e. The Morgan fingerprint density at radius 3 is 3.18 bits per heavy atom. The Labute approximate surface area is 106 Å². The van der Waals surface area contributed by atoms with E-state index in [4.69, 9.17) is 10.00 Å². The number of hydrogen-bond donors (Lipinski definition) is 0. The lowest BCUT2D eigenvalue weighted by Gasteiger charge is -2.37. The fraction of sp³-hybridized carbons (Fsp3) is 0.692. The van der Waals surface area contributed by atoms with Gasteiger partial charge in [0.2, 0.25) is 0 Å². The van der Waals surface area contributed by atoms with Gasteiger partial charge in [-0.15, -0.1) is 11.3 Å². The van der Waals surface area contributed by atoms with Crippen molar-refractivity contribution in [3.8, 4) is 6.07 Å². The maximum absolute atomic E-state index is 8.69. The zero-order valence-electron chi connectivity index (χ0n) is 10.4. The van der Waals surface area contributed by atoms with Crippen LogP contribution >= 0.6 is 11.3 Å². The number of hydrogen-bond acceptors (Lipinski definition) is 4. The standard InChI is InChI=1S/C13H18N2OS/c1-10-4-3-6-13(8-10,16-2)12-15-11(5-7-14)9-17-12/h9-10H,3-6,8H2,1-2H3. The highest BCUT2D eigenvalue weighted by Gasteiger charge is 2.39. The predicted octanol–water partition coefficient (Wildman–Crippen LogP) is 3.26. The van der Waals surface area contributed by atoms with Crippen molar-refractivity contribution in [3.05, 3.63) is 16.1 Å². The average molecular weight is 250 g/mol. The quantitative estimate of drug-likeness (QED) is 0.827. The third-order valence-corrected chi connectivity index (χ3v) is 4.62. The molecular formula is C13H18N2OS. The first-order chi connectivity index (χ1) is 8.20. The molecule has 1 heterocycles. The third kappa shape index (κ3) is 2.51. The monoisotopic (exact) mass is 250 g/mol. The fourth-order valence-corrected chi connectivity index (χ4v) is 3.69. The summed E-state index contributed by atoms with van der Waals surface area (Å²) in [7, 11) is 1.78. The number of aromatic nitrogens is 1. The molecule has 2 rings (SSSR count). The lowest BCUT2D eigenvalue weighted by atomic mass is 9.79. The van der Waals surface area contributed by atoms with Crippen molar-refractivity contribution in [2.45, 2.75) is 44.6 Å². The zero-order chi connectivity index (χ0) is 12.3. The van der Waals surface area contributed by atoms with E-state index < -0.39 is 0 Å². The van der Waals surface area contributed by atoms with Crippen LogP contribution in [0.2, 0.25) is 0 Å². The SMILES string of the molecule is COC1(c2nc(CC#N)cs2)CCCC(C)C1. The van der Waals surface area contributed by atoms with Crippen molar-refractivity contribution in [2.24, 2.45) is 5.92 Å². The van der Waals surface area contributed by atoms with Gasteiger partial charge in [0.25, 0.3) is 0 Å². The second-order valence-electron chi connectivity index (χ2n) is 4.88. The first-order valence-electron chi connectivity index (χ1n) is 6.07. The van der Waals surface area contributed by atoms with E-state index in [0.29, 0.717) is 12.3 Å². The molecule has 1 fully saturated rings.